The first-order chi connectivity index (χ1) is 20.9. The molecule has 1 aliphatic carbocycles. The van der Waals surface area contributed by atoms with E-state index >= 15 is 0 Å². The molecular formula is C38H34ClNO3. The fourth-order valence-electron chi connectivity index (χ4n) is 6.28. The topological polar surface area (TPSA) is 59.4 Å². The monoisotopic (exact) mass is 587 g/mol. The van der Waals surface area contributed by atoms with E-state index in [1.54, 1.807) is 7.11 Å². The van der Waals surface area contributed by atoms with Crippen molar-refractivity contribution in [3.8, 4) is 39.3 Å². The number of benzene rings is 4. The first-order valence-corrected chi connectivity index (χ1v) is 15.2. The number of rotatable bonds is 7. The van der Waals surface area contributed by atoms with Crippen molar-refractivity contribution < 1.29 is 14.6 Å². The van der Waals surface area contributed by atoms with Crippen molar-refractivity contribution in [1.29, 1.82) is 0 Å². The number of allylic oxidation sites excluding steroid dienone is 1. The molecule has 0 radical (unpaired) electrons. The summed E-state index contributed by atoms with van der Waals surface area (Å²) in [6, 6.07) is 31.0. The third kappa shape index (κ3) is 6.21. The lowest BCUT2D eigenvalue weighted by molar-refractivity contribution is -0.131. The number of halogens is 1. The normalized spacial score (nSPS) is 14.2. The van der Waals surface area contributed by atoms with Gasteiger partial charge in [-0.3, -0.25) is 0 Å². The molecule has 0 unspecified atom stereocenters. The average Bonchev–Trinajstić information content (AvgIpc) is 3.04. The summed E-state index contributed by atoms with van der Waals surface area (Å²) in [6.45, 7) is 1.87. The van der Waals surface area contributed by atoms with Crippen LogP contribution in [0.3, 0.4) is 0 Å². The van der Waals surface area contributed by atoms with Gasteiger partial charge in [0.1, 0.15) is 5.75 Å². The summed E-state index contributed by atoms with van der Waals surface area (Å²) >= 11 is 6.16. The number of pyridine rings is 1. The third-order valence-electron chi connectivity index (χ3n) is 8.55. The molecule has 4 aromatic carbocycles. The molecule has 216 valence electrons. The Balaban J connectivity index is 1.41. The SMILES string of the molecule is COc1ccc(-c2ccc(Cl)cc2)c(-c2ccc3cc(-c4ccc(C(C)=CC(=O)O)cc4C4CCCCC4)ccc3n2)c1. The summed E-state index contributed by atoms with van der Waals surface area (Å²) in [5, 5.41) is 11.1. The molecule has 6 rings (SSSR count). The average molecular weight is 588 g/mol. The van der Waals surface area contributed by atoms with Crippen molar-refractivity contribution in [2.24, 2.45) is 0 Å². The van der Waals surface area contributed by atoms with Crippen molar-refractivity contribution in [3.05, 3.63) is 113 Å². The highest BCUT2D eigenvalue weighted by molar-refractivity contribution is 6.30. The maximum absolute atomic E-state index is 11.3. The van der Waals surface area contributed by atoms with Crippen LogP contribution in [0.4, 0.5) is 0 Å². The maximum Gasteiger partial charge on any atom is 0.328 e. The summed E-state index contributed by atoms with van der Waals surface area (Å²) in [5.74, 6) is 0.324. The van der Waals surface area contributed by atoms with Gasteiger partial charge in [0, 0.05) is 22.0 Å². The predicted octanol–water partition coefficient (Wildman–Crippen LogP) is 10.4. The van der Waals surface area contributed by atoms with Crippen molar-refractivity contribution in [2.45, 2.75) is 44.9 Å². The van der Waals surface area contributed by atoms with Crippen molar-refractivity contribution in [2.75, 3.05) is 7.11 Å². The number of aliphatic carboxylic acids is 1. The van der Waals surface area contributed by atoms with Crippen LogP contribution in [0.2, 0.25) is 5.02 Å². The van der Waals surface area contributed by atoms with Gasteiger partial charge in [0.05, 0.1) is 18.3 Å². The highest BCUT2D eigenvalue weighted by Crippen LogP contribution is 2.41. The van der Waals surface area contributed by atoms with Gasteiger partial charge in [-0.2, -0.15) is 0 Å². The molecule has 0 amide bonds. The molecule has 43 heavy (non-hydrogen) atoms. The molecule has 1 N–H and O–H groups in total. The Hall–Kier alpha value is -4.41. The van der Waals surface area contributed by atoms with Gasteiger partial charge in [-0.25, -0.2) is 9.78 Å². The van der Waals surface area contributed by atoms with E-state index in [1.807, 2.05) is 49.4 Å². The number of nitrogens with zero attached hydrogens (tertiary/aromatic N) is 1. The van der Waals surface area contributed by atoms with Crippen molar-refractivity contribution in [3.63, 3.8) is 0 Å². The van der Waals surface area contributed by atoms with Gasteiger partial charge >= 0.3 is 5.97 Å². The smallest absolute Gasteiger partial charge is 0.328 e. The molecule has 0 saturated heterocycles. The van der Waals surface area contributed by atoms with Crippen LogP contribution in [-0.2, 0) is 4.79 Å². The Morgan fingerprint density at radius 1 is 0.837 bits per heavy atom. The Morgan fingerprint density at radius 3 is 2.33 bits per heavy atom. The van der Waals surface area contributed by atoms with E-state index in [1.165, 1.54) is 36.5 Å². The summed E-state index contributed by atoms with van der Waals surface area (Å²) in [6.07, 6.45) is 7.34. The second-order valence-electron chi connectivity index (χ2n) is 11.3. The molecule has 0 bridgehead atoms. The summed E-state index contributed by atoms with van der Waals surface area (Å²) in [4.78, 5) is 16.4. The first kappa shape index (κ1) is 28.7. The molecule has 0 atom stereocenters. The van der Waals surface area contributed by atoms with Gasteiger partial charge in [0.2, 0.25) is 0 Å². The Morgan fingerprint density at radius 2 is 1.58 bits per heavy atom. The maximum atomic E-state index is 11.3. The molecule has 1 heterocycles. The first-order valence-electron chi connectivity index (χ1n) is 14.8. The number of hydrogen-bond donors (Lipinski definition) is 1. The van der Waals surface area contributed by atoms with E-state index in [0.29, 0.717) is 10.9 Å². The van der Waals surface area contributed by atoms with E-state index in [-0.39, 0.29) is 0 Å². The summed E-state index contributed by atoms with van der Waals surface area (Å²) in [5.41, 5.74) is 10.3. The third-order valence-corrected chi connectivity index (χ3v) is 8.80. The minimum atomic E-state index is -0.920. The van der Waals surface area contributed by atoms with Gasteiger partial charge in [0.25, 0.3) is 0 Å². The van der Waals surface area contributed by atoms with Gasteiger partial charge in [-0.05, 0) is 107 Å². The molecule has 0 aliphatic heterocycles. The van der Waals surface area contributed by atoms with E-state index in [2.05, 4.69) is 48.5 Å². The molecule has 5 heteroatoms. The second-order valence-corrected chi connectivity index (χ2v) is 11.8. The number of fused-ring (bicyclic) bond motifs is 1. The Kier molecular flexibility index (Phi) is 8.31. The summed E-state index contributed by atoms with van der Waals surface area (Å²) < 4.78 is 5.56. The number of aromatic nitrogens is 1. The Bertz CT molecular complexity index is 1840. The second kappa shape index (κ2) is 12.4. The zero-order chi connectivity index (χ0) is 29.9. The van der Waals surface area contributed by atoms with E-state index < -0.39 is 5.97 Å². The van der Waals surface area contributed by atoms with Gasteiger partial charge in [-0.1, -0.05) is 79.4 Å². The zero-order valence-corrected chi connectivity index (χ0v) is 25.2. The minimum Gasteiger partial charge on any atom is -0.497 e. The zero-order valence-electron chi connectivity index (χ0n) is 24.4. The molecule has 1 saturated carbocycles. The van der Waals surface area contributed by atoms with Crippen molar-refractivity contribution >= 4 is 34.0 Å². The molecule has 5 aromatic rings. The predicted molar refractivity (Wildman–Crippen MR) is 177 cm³/mol. The fraction of sp³-hybridized carbons (Fsp3) is 0.211. The lowest BCUT2D eigenvalue weighted by atomic mass is 9.79. The molecule has 4 nitrogen and oxygen atoms in total. The van der Waals surface area contributed by atoms with E-state index in [9.17, 15) is 9.90 Å². The van der Waals surface area contributed by atoms with Crippen LogP contribution in [0.1, 0.15) is 56.1 Å². The molecule has 1 aliphatic rings. The standard InChI is InChI=1S/C38H34ClNO3/c1-24(20-38(41)42)27-10-16-33(34(22-27)25-6-4-3-5-7-25)28-11-18-36-29(21-28)12-19-37(40-36)35-23-31(43-2)15-17-32(35)26-8-13-30(39)14-9-26/h8-23,25H,3-7H2,1-2H3,(H,41,42). The van der Waals surface area contributed by atoms with Crippen LogP contribution in [0.15, 0.2) is 97.1 Å². The van der Waals surface area contributed by atoms with Crippen LogP contribution in [0.25, 0.3) is 50.0 Å². The number of carboxylic acid groups (broad SMARTS) is 1. The lowest BCUT2D eigenvalue weighted by Crippen LogP contribution is -2.07. The number of methoxy groups -OCH3 is 1. The molecule has 1 aromatic heterocycles. The quantitative estimate of drug-likeness (QED) is 0.192. The van der Waals surface area contributed by atoms with E-state index in [0.717, 1.165) is 68.6 Å². The highest BCUT2D eigenvalue weighted by Gasteiger charge is 2.21. The Labute approximate surface area is 257 Å². The molecule has 1 fully saturated rings. The van der Waals surface area contributed by atoms with E-state index in [4.69, 9.17) is 21.3 Å². The van der Waals surface area contributed by atoms with Gasteiger partial charge in [-0.15, -0.1) is 0 Å². The summed E-state index contributed by atoms with van der Waals surface area (Å²) in [7, 11) is 1.67. The van der Waals surface area contributed by atoms with Crippen LogP contribution in [-0.4, -0.2) is 23.2 Å². The number of carbonyl (C=O) groups is 1. The van der Waals surface area contributed by atoms with Crippen molar-refractivity contribution in [1.82, 2.24) is 4.98 Å². The van der Waals surface area contributed by atoms with Crippen LogP contribution < -0.4 is 4.74 Å². The fourth-order valence-corrected chi connectivity index (χ4v) is 6.40. The van der Waals surface area contributed by atoms with Gasteiger partial charge < -0.3 is 9.84 Å². The highest BCUT2D eigenvalue weighted by atomic mass is 35.5. The van der Waals surface area contributed by atoms with Crippen LogP contribution in [0, 0.1) is 0 Å². The number of hydrogen-bond acceptors (Lipinski definition) is 3. The van der Waals surface area contributed by atoms with Crippen LogP contribution >= 0.6 is 11.6 Å². The minimum absolute atomic E-state index is 0.469. The van der Waals surface area contributed by atoms with Crippen LogP contribution in [0.5, 0.6) is 5.75 Å². The number of ether oxygens (including phenoxy) is 1. The largest absolute Gasteiger partial charge is 0.497 e. The van der Waals surface area contributed by atoms with Gasteiger partial charge in [0.15, 0.2) is 0 Å². The molecule has 0 spiro atoms. The lowest BCUT2D eigenvalue weighted by Gasteiger charge is -2.25. The number of carboxylic acids is 1. The molecular weight excluding hydrogens is 554 g/mol.